The summed E-state index contributed by atoms with van der Waals surface area (Å²) in [4.78, 5) is 26.0. The van der Waals surface area contributed by atoms with Crippen LogP contribution in [0.25, 0.3) is 6.08 Å². The predicted molar refractivity (Wildman–Crippen MR) is 118 cm³/mol. The van der Waals surface area contributed by atoms with E-state index in [1.807, 2.05) is 41.9 Å². The van der Waals surface area contributed by atoms with Gasteiger partial charge >= 0.3 is 0 Å². The van der Waals surface area contributed by atoms with E-state index in [2.05, 4.69) is 11.8 Å². The van der Waals surface area contributed by atoms with Crippen molar-refractivity contribution in [2.75, 3.05) is 13.1 Å². The summed E-state index contributed by atoms with van der Waals surface area (Å²) in [6.45, 7) is 3.50. The number of carbonyl (C=O) groups excluding carboxylic acids is 2. The van der Waals surface area contributed by atoms with E-state index in [0.717, 1.165) is 16.7 Å². The molecule has 0 spiro atoms. The number of rotatable bonds is 6. The maximum Gasteiger partial charge on any atom is 0.267 e. The Labute approximate surface area is 186 Å². The van der Waals surface area contributed by atoms with Crippen LogP contribution in [0.4, 0.5) is 0 Å². The molecule has 8 heteroatoms. The number of nitrogens with zero attached hydrogens (tertiary/aromatic N) is 1. The molecule has 164 valence electrons. The zero-order valence-corrected chi connectivity index (χ0v) is 18.0. The first-order valence-corrected chi connectivity index (χ1v) is 10.4. The van der Waals surface area contributed by atoms with Crippen LogP contribution in [0, 0.1) is 0 Å². The normalized spacial score (nSPS) is 17.3. The molecule has 4 N–H and O–H groups in total. The van der Waals surface area contributed by atoms with Gasteiger partial charge in [0.05, 0.1) is 5.41 Å². The lowest BCUT2D eigenvalue weighted by Crippen LogP contribution is -2.51. The third-order valence-electron chi connectivity index (χ3n) is 6.09. The van der Waals surface area contributed by atoms with Gasteiger partial charge in [-0.15, -0.1) is 0 Å². The fraction of sp³-hybridized carbons (Fsp3) is 0.304. The molecule has 1 heterocycles. The van der Waals surface area contributed by atoms with E-state index in [9.17, 15) is 14.8 Å². The summed E-state index contributed by atoms with van der Waals surface area (Å²) in [6, 6.07) is 15.2. The Morgan fingerprint density at radius 1 is 1.03 bits per heavy atom. The van der Waals surface area contributed by atoms with Gasteiger partial charge in [-0.1, -0.05) is 48.0 Å². The van der Waals surface area contributed by atoms with Gasteiger partial charge in [0.1, 0.15) is 0 Å². The molecule has 1 unspecified atom stereocenters. The highest BCUT2D eigenvalue weighted by atomic mass is 35.5. The Morgan fingerprint density at radius 2 is 1.65 bits per heavy atom. The number of hydroxylamine groups is 2. The third kappa shape index (κ3) is 5.14. The van der Waals surface area contributed by atoms with Crippen molar-refractivity contribution in [3.8, 4) is 0 Å². The van der Waals surface area contributed by atoms with Crippen LogP contribution in [0.15, 0.2) is 54.6 Å². The second kappa shape index (κ2) is 10.1. The monoisotopic (exact) mass is 443 g/mol. The summed E-state index contributed by atoms with van der Waals surface area (Å²) < 4.78 is 0. The van der Waals surface area contributed by atoms with E-state index in [1.165, 1.54) is 6.08 Å². The van der Waals surface area contributed by atoms with Gasteiger partial charge in [-0.05, 0) is 54.7 Å². The molecule has 0 radical (unpaired) electrons. The number of carbonyl (C=O) groups is 2. The fourth-order valence-electron chi connectivity index (χ4n) is 4.12. The van der Waals surface area contributed by atoms with Gasteiger partial charge in [0.2, 0.25) is 0 Å². The Bertz CT molecular complexity index is 936. The number of likely N-dealkylation sites (tertiary alicyclic amines) is 1. The first-order valence-electron chi connectivity index (χ1n) is 10.1. The van der Waals surface area contributed by atoms with Crippen LogP contribution in [-0.2, 0) is 15.0 Å². The lowest BCUT2D eigenvalue weighted by atomic mass is 9.72. The lowest BCUT2D eigenvalue weighted by Gasteiger charge is -2.42. The van der Waals surface area contributed by atoms with Crippen LogP contribution in [0.2, 0.25) is 5.02 Å². The van der Waals surface area contributed by atoms with Crippen LogP contribution in [0.3, 0.4) is 0 Å². The lowest BCUT2D eigenvalue weighted by molar-refractivity contribution is -0.137. The van der Waals surface area contributed by atoms with Crippen LogP contribution in [0.1, 0.15) is 42.5 Å². The summed E-state index contributed by atoms with van der Waals surface area (Å²) in [5.41, 5.74) is 5.43. The Balaban J connectivity index is 1.71. The SMILES string of the molecule is CC(c1ccc(/C=C/C(=O)NO)cc1)N1CCC(C(=O)NO)(c2ccc(Cl)cc2)CC1. The Morgan fingerprint density at radius 3 is 2.19 bits per heavy atom. The molecule has 0 aliphatic carbocycles. The highest BCUT2D eigenvalue weighted by molar-refractivity contribution is 6.30. The largest absolute Gasteiger partial charge is 0.297 e. The topological polar surface area (TPSA) is 102 Å². The first kappa shape index (κ1) is 23.0. The maximum atomic E-state index is 12.6. The molecule has 0 bridgehead atoms. The quantitative estimate of drug-likeness (QED) is 0.311. The van der Waals surface area contributed by atoms with Gasteiger partial charge in [-0.3, -0.25) is 24.9 Å². The second-order valence-electron chi connectivity index (χ2n) is 7.72. The maximum absolute atomic E-state index is 12.6. The minimum absolute atomic E-state index is 0.138. The molecule has 1 aliphatic rings. The zero-order valence-electron chi connectivity index (χ0n) is 17.2. The van der Waals surface area contributed by atoms with E-state index in [4.69, 9.17) is 16.8 Å². The summed E-state index contributed by atoms with van der Waals surface area (Å²) in [7, 11) is 0. The van der Waals surface area contributed by atoms with Gasteiger partial charge in [-0.25, -0.2) is 11.0 Å². The molecule has 3 rings (SSSR count). The zero-order chi connectivity index (χ0) is 22.4. The molecule has 1 atom stereocenters. The molecule has 0 aromatic heterocycles. The number of amides is 2. The van der Waals surface area contributed by atoms with E-state index < -0.39 is 17.2 Å². The molecular weight excluding hydrogens is 418 g/mol. The Kier molecular flexibility index (Phi) is 7.46. The van der Waals surface area contributed by atoms with E-state index in [-0.39, 0.29) is 6.04 Å². The second-order valence-corrected chi connectivity index (χ2v) is 8.15. The molecule has 7 nitrogen and oxygen atoms in total. The van der Waals surface area contributed by atoms with Crippen LogP contribution in [-0.4, -0.2) is 40.2 Å². The van der Waals surface area contributed by atoms with Crippen molar-refractivity contribution in [1.29, 1.82) is 0 Å². The predicted octanol–water partition coefficient (Wildman–Crippen LogP) is 3.46. The van der Waals surface area contributed by atoms with Crippen LogP contribution < -0.4 is 11.0 Å². The standard InChI is InChI=1S/C23H26ClN3O4/c1-16(18-5-2-17(3-6-18)4-11-21(28)25-30)27-14-12-23(13-15-27,22(29)26-31)19-7-9-20(24)10-8-19/h2-11,16,30-31H,12-15H2,1H3,(H,25,28)(H,26,29)/b11-4+. The number of piperidine rings is 1. The fourth-order valence-corrected chi connectivity index (χ4v) is 4.25. The number of hydrogen-bond donors (Lipinski definition) is 4. The summed E-state index contributed by atoms with van der Waals surface area (Å²) in [5, 5.41) is 18.5. The minimum Gasteiger partial charge on any atom is -0.297 e. The Hall–Kier alpha value is -2.71. The van der Waals surface area contributed by atoms with E-state index >= 15 is 0 Å². The smallest absolute Gasteiger partial charge is 0.267 e. The number of hydrogen-bond acceptors (Lipinski definition) is 5. The number of nitrogens with one attached hydrogen (secondary N) is 2. The summed E-state index contributed by atoms with van der Waals surface area (Å²) in [5.74, 6) is -0.980. The molecule has 1 aliphatic heterocycles. The minimum atomic E-state index is -0.794. The molecule has 1 fully saturated rings. The van der Waals surface area contributed by atoms with Crippen molar-refractivity contribution in [3.63, 3.8) is 0 Å². The van der Waals surface area contributed by atoms with Crippen molar-refractivity contribution in [2.45, 2.75) is 31.2 Å². The average Bonchev–Trinajstić information content (AvgIpc) is 2.82. The van der Waals surface area contributed by atoms with Crippen LogP contribution in [0.5, 0.6) is 0 Å². The first-order chi connectivity index (χ1) is 14.9. The molecular formula is C23H26ClN3O4. The van der Waals surface area contributed by atoms with Gasteiger partial charge in [0.25, 0.3) is 11.8 Å². The molecule has 31 heavy (non-hydrogen) atoms. The van der Waals surface area contributed by atoms with Crippen molar-refractivity contribution < 1.29 is 20.0 Å². The third-order valence-corrected chi connectivity index (χ3v) is 6.34. The highest BCUT2D eigenvalue weighted by Crippen LogP contribution is 2.38. The van der Waals surface area contributed by atoms with Crippen molar-refractivity contribution >= 4 is 29.5 Å². The number of benzene rings is 2. The number of halogens is 1. The molecule has 0 saturated carbocycles. The molecule has 2 aromatic rings. The van der Waals surface area contributed by atoms with Gasteiger partial charge in [0, 0.05) is 30.2 Å². The molecule has 2 amide bonds. The summed E-state index contributed by atoms with van der Waals surface area (Å²) >= 11 is 6.00. The van der Waals surface area contributed by atoms with E-state index in [0.29, 0.717) is 31.0 Å². The van der Waals surface area contributed by atoms with Crippen LogP contribution >= 0.6 is 11.6 Å². The van der Waals surface area contributed by atoms with Crippen molar-refractivity contribution in [1.82, 2.24) is 15.9 Å². The average molecular weight is 444 g/mol. The highest BCUT2D eigenvalue weighted by Gasteiger charge is 2.43. The van der Waals surface area contributed by atoms with Crippen molar-refractivity contribution in [2.24, 2.45) is 0 Å². The van der Waals surface area contributed by atoms with Gasteiger partial charge < -0.3 is 0 Å². The molecule has 1 saturated heterocycles. The summed E-state index contributed by atoms with van der Waals surface area (Å²) in [6.07, 6.45) is 4.02. The van der Waals surface area contributed by atoms with Crippen molar-refractivity contribution in [3.05, 3.63) is 76.3 Å². The van der Waals surface area contributed by atoms with Gasteiger partial charge in [0.15, 0.2) is 0 Å². The van der Waals surface area contributed by atoms with E-state index in [1.54, 1.807) is 23.7 Å². The van der Waals surface area contributed by atoms with Gasteiger partial charge in [-0.2, -0.15) is 0 Å². The molecule has 2 aromatic carbocycles.